The van der Waals surface area contributed by atoms with Crippen molar-refractivity contribution < 1.29 is 17.6 Å². The van der Waals surface area contributed by atoms with E-state index in [1.807, 2.05) is 0 Å². The van der Waals surface area contributed by atoms with Gasteiger partial charge in [0.05, 0.1) is 5.56 Å². The summed E-state index contributed by atoms with van der Waals surface area (Å²) in [5, 5.41) is 0. The second kappa shape index (κ2) is 7.99. The van der Waals surface area contributed by atoms with Crippen molar-refractivity contribution in [2.75, 3.05) is 0 Å². The number of hydrogen-bond acceptors (Lipinski definition) is 0. The van der Waals surface area contributed by atoms with Gasteiger partial charge in [-0.25, -0.2) is 4.39 Å². The zero-order valence-corrected chi connectivity index (χ0v) is 16.8. The molecular formula is C24H32F4. The Hall–Kier alpha value is -1.06. The molecule has 0 aromatic heterocycles. The quantitative estimate of drug-likeness (QED) is 0.445. The lowest BCUT2D eigenvalue weighted by Gasteiger charge is -2.45. The summed E-state index contributed by atoms with van der Waals surface area (Å²) in [5.74, 6) is 3.23. The second-order valence-electron chi connectivity index (χ2n) is 9.86. The van der Waals surface area contributed by atoms with E-state index in [1.165, 1.54) is 51.0 Å². The van der Waals surface area contributed by atoms with Crippen molar-refractivity contribution in [3.63, 3.8) is 0 Å². The molecule has 0 amide bonds. The van der Waals surface area contributed by atoms with E-state index in [2.05, 4.69) is 6.92 Å². The van der Waals surface area contributed by atoms with Gasteiger partial charge in [0.25, 0.3) is 0 Å². The highest BCUT2D eigenvalue weighted by Crippen LogP contribution is 2.51. The molecule has 156 valence electrons. The highest BCUT2D eigenvalue weighted by molar-refractivity contribution is 5.29. The summed E-state index contributed by atoms with van der Waals surface area (Å²) in [6, 6.07) is 3.58. The number of alkyl halides is 3. The van der Waals surface area contributed by atoms with E-state index in [0.717, 1.165) is 60.6 Å². The van der Waals surface area contributed by atoms with Crippen molar-refractivity contribution in [3.05, 3.63) is 35.1 Å². The number of fused-ring (bicyclic) bond motifs is 1. The fourth-order valence-electron chi connectivity index (χ4n) is 6.43. The summed E-state index contributed by atoms with van der Waals surface area (Å²) in [6.07, 6.45) is 8.02. The number of rotatable bonds is 2. The summed E-state index contributed by atoms with van der Waals surface area (Å²) < 4.78 is 52.4. The molecule has 0 heterocycles. The maximum atomic E-state index is 14.0. The molecule has 1 aromatic rings. The zero-order chi connectivity index (χ0) is 19.9. The molecule has 0 N–H and O–H groups in total. The Kier molecular flexibility index (Phi) is 5.77. The van der Waals surface area contributed by atoms with Gasteiger partial charge in [-0.1, -0.05) is 25.8 Å². The molecule has 3 fully saturated rings. The van der Waals surface area contributed by atoms with Crippen molar-refractivity contribution in [2.45, 2.75) is 83.2 Å². The molecule has 1 aromatic carbocycles. The van der Waals surface area contributed by atoms with Crippen molar-refractivity contribution in [1.82, 2.24) is 0 Å². The molecule has 0 nitrogen and oxygen atoms in total. The van der Waals surface area contributed by atoms with E-state index >= 15 is 0 Å². The third kappa shape index (κ3) is 4.26. The molecule has 0 spiro atoms. The van der Waals surface area contributed by atoms with Crippen LogP contribution in [0.1, 0.15) is 88.2 Å². The molecule has 3 saturated carbocycles. The van der Waals surface area contributed by atoms with Crippen LogP contribution in [0.2, 0.25) is 0 Å². The van der Waals surface area contributed by atoms with Gasteiger partial charge >= 0.3 is 6.18 Å². The van der Waals surface area contributed by atoms with Crippen molar-refractivity contribution in [2.24, 2.45) is 29.6 Å². The normalized spacial score (nSPS) is 36.8. The molecule has 0 aliphatic heterocycles. The lowest BCUT2D eigenvalue weighted by Crippen LogP contribution is -2.34. The van der Waals surface area contributed by atoms with Crippen LogP contribution in [-0.4, -0.2) is 0 Å². The number of halogens is 4. The standard InChI is InChI=1S/C24H32F4/c1-15-2-4-16(5-3-15)17-6-7-19-13-20(9-8-18(19)12-17)21-10-11-22(23(25)14-21)24(26,27)28/h10-11,14-20H,2-9,12-13H2,1H3. The SMILES string of the molecule is CC1CCC(C2CCC3CC(c4ccc(C(F)(F)F)c(F)c4)CCC3C2)CC1. The summed E-state index contributed by atoms with van der Waals surface area (Å²) >= 11 is 0. The minimum atomic E-state index is -4.62. The van der Waals surface area contributed by atoms with Crippen molar-refractivity contribution in [3.8, 4) is 0 Å². The van der Waals surface area contributed by atoms with Gasteiger partial charge in [0.15, 0.2) is 0 Å². The highest BCUT2D eigenvalue weighted by Gasteiger charge is 2.39. The van der Waals surface area contributed by atoms with Crippen LogP contribution in [0.5, 0.6) is 0 Å². The minimum absolute atomic E-state index is 0.213. The molecule has 4 unspecified atom stereocenters. The van der Waals surface area contributed by atoms with Crippen LogP contribution in [0.15, 0.2) is 18.2 Å². The monoisotopic (exact) mass is 396 g/mol. The summed E-state index contributed by atoms with van der Waals surface area (Å²) in [5.41, 5.74) is -0.389. The van der Waals surface area contributed by atoms with Gasteiger partial charge in [0, 0.05) is 0 Å². The largest absolute Gasteiger partial charge is 0.419 e. The van der Waals surface area contributed by atoms with E-state index in [-0.39, 0.29) is 5.92 Å². The van der Waals surface area contributed by atoms with Gasteiger partial charge in [-0.15, -0.1) is 0 Å². The third-order valence-corrected chi connectivity index (χ3v) is 8.15. The first kappa shape index (κ1) is 20.2. The van der Waals surface area contributed by atoms with Crippen LogP contribution in [-0.2, 0) is 6.18 Å². The molecule has 0 radical (unpaired) electrons. The highest BCUT2D eigenvalue weighted by atomic mass is 19.4. The smallest absolute Gasteiger partial charge is 0.206 e. The third-order valence-electron chi connectivity index (χ3n) is 8.15. The lowest BCUT2D eigenvalue weighted by molar-refractivity contribution is -0.140. The first-order valence-electron chi connectivity index (χ1n) is 11.2. The molecule has 3 aliphatic carbocycles. The van der Waals surface area contributed by atoms with E-state index in [4.69, 9.17) is 0 Å². The molecule has 4 heteroatoms. The van der Waals surface area contributed by atoms with E-state index in [1.54, 1.807) is 0 Å². The average Bonchev–Trinajstić information content (AvgIpc) is 2.66. The Labute approximate surface area is 166 Å². The van der Waals surface area contributed by atoms with Gasteiger partial charge < -0.3 is 0 Å². The number of hydrogen-bond donors (Lipinski definition) is 0. The molecule has 3 aliphatic rings. The Morgan fingerprint density at radius 2 is 1.32 bits per heavy atom. The van der Waals surface area contributed by atoms with Gasteiger partial charge in [0.2, 0.25) is 0 Å². The maximum Gasteiger partial charge on any atom is 0.419 e. The first-order valence-corrected chi connectivity index (χ1v) is 11.2. The predicted octanol–water partition coefficient (Wildman–Crippen LogP) is 7.97. The lowest BCUT2D eigenvalue weighted by atomic mass is 9.60. The second-order valence-corrected chi connectivity index (χ2v) is 9.86. The molecule has 0 bridgehead atoms. The van der Waals surface area contributed by atoms with Gasteiger partial charge in [-0.05, 0) is 105 Å². The van der Waals surface area contributed by atoms with Crippen LogP contribution < -0.4 is 0 Å². The summed E-state index contributed by atoms with van der Waals surface area (Å²) in [6.45, 7) is 2.37. The molecule has 4 rings (SSSR count). The van der Waals surface area contributed by atoms with Crippen molar-refractivity contribution >= 4 is 0 Å². The van der Waals surface area contributed by atoms with Gasteiger partial charge in [-0.2, -0.15) is 13.2 Å². The average molecular weight is 397 g/mol. The fourth-order valence-corrected chi connectivity index (χ4v) is 6.43. The molecular weight excluding hydrogens is 364 g/mol. The van der Waals surface area contributed by atoms with Crippen LogP contribution in [0.25, 0.3) is 0 Å². The van der Waals surface area contributed by atoms with Crippen LogP contribution in [0, 0.1) is 35.4 Å². The van der Waals surface area contributed by atoms with Crippen LogP contribution in [0.3, 0.4) is 0 Å². The Morgan fingerprint density at radius 3 is 1.96 bits per heavy atom. The maximum absolute atomic E-state index is 14.0. The van der Waals surface area contributed by atoms with E-state index in [0.29, 0.717) is 5.92 Å². The van der Waals surface area contributed by atoms with Gasteiger partial charge in [0.1, 0.15) is 5.82 Å². The number of benzene rings is 1. The molecule has 4 atom stereocenters. The van der Waals surface area contributed by atoms with Gasteiger partial charge in [-0.3, -0.25) is 0 Å². The predicted molar refractivity (Wildman–Crippen MR) is 103 cm³/mol. The first-order chi connectivity index (χ1) is 13.3. The fraction of sp³-hybridized carbons (Fsp3) is 0.750. The van der Waals surface area contributed by atoms with E-state index < -0.39 is 17.6 Å². The Balaban J connectivity index is 1.37. The topological polar surface area (TPSA) is 0 Å². The van der Waals surface area contributed by atoms with Crippen molar-refractivity contribution in [1.29, 1.82) is 0 Å². The summed E-state index contributed by atoms with van der Waals surface area (Å²) in [7, 11) is 0. The minimum Gasteiger partial charge on any atom is -0.206 e. The Morgan fingerprint density at radius 1 is 0.750 bits per heavy atom. The van der Waals surface area contributed by atoms with E-state index in [9.17, 15) is 17.6 Å². The zero-order valence-electron chi connectivity index (χ0n) is 16.8. The van der Waals surface area contributed by atoms with Crippen LogP contribution >= 0.6 is 0 Å². The Bertz CT molecular complexity index is 672. The molecule has 28 heavy (non-hydrogen) atoms. The van der Waals surface area contributed by atoms with Crippen LogP contribution in [0.4, 0.5) is 17.6 Å². The molecule has 0 saturated heterocycles. The summed E-state index contributed by atoms with van der Waals surface area (Å²) in [4.78, 5) is 0.